The van der Waals surface area contributed by atoms with Crippen LogP contribution in [0.2, 0.25) is 0 Å². The molecule has 1 rings (SSSR count). The van der Waals surface area contributed by atoms with Gasteiger partial charge in [-0.3, -0.25) is 0 Å². The quantitative estimate of drug-likeness (QED) is 0.636. The number of hydrogen-bond donors (Lipinski definition) is 3. The van der Waals surface area contributed by atoms with Crippen LogP contribution < -0.4 is 10.6 Å². The van der Waals surface area contributed by atoms with E-state index in [0.29, 0.717) is 19.8 Å². The van der Waals surface area contributed by atoms with Crippen molar-refractivity contribution in [3.8, 4) is 0 Å². The summed E-state index contributed by atoms with van der Waals surface area (Å²) in [5.74, 6) is 0. The molecule has 1 heterocycles. The lowest BCUT2D eigenvalue weighted by Gasteiger charge is -2.36. The van der Waals surface area contributed by atoms with Gasteiger partial charge in [0.25, 0.3) is 0 Å². The molecule has 0 aliphatic carbocycles. The van der Waals surface area contributed by atoms with Crippen LogP contribution in [-0.4, -0.2) is 55.2 Å². The average molecular weight is 288 g/mol. The summed E-state index contributed by atoms with van der Waals surface area (Å²) in [5, 5.41) is 15.6. The summed E-state index contributed by atoms with van der Waals surface area (Å²) in [6, 6.07) is 0. The largest absolute Gasteiger partial charge is 0.444 e. The van der Waals surface area contributed by atoms with E-state index in [2.05, 4.69) is 10.6 Å². The fraction of sp³-hybridized carbons (Fsp3) is 0.929. The van der Waals surface area contributed by atoms with Gasteiger partial charge in [-0.1, -0.05) is 0 Å². The highest BCUT2D eigenvalue weighted by atomic mass is 16.6. The van der Waals surface area contributed by atoms with Crippen LogP contribution in [0.15, 0.2) is 0 Å². The Balaban J connectivity index is 2.13. The summed E-state index contributed by atoms with van der Waals surface area (Å²) in [7, 11) is 0. The molecule has 0 aromatic carbocycles. The lowest BCUT2D eigenvalue weighted by atomic mass is 9.91. The molecule has 0 atom stereocenters. The van der Waals surface area contributed by atoms with Crippen LogP contribution in [0.3, 0.4) is 0 Å². The number of rotatable bonds is 6. The predicted molar refractivity (Wildman–Crippen MR) is 76.7 cm³/mol. The van der Waals surface area contributed by atoms with Crippen molar-refractivity contribution in [3.05, 3.63) is 0 Å². The van der Waals surface area contributed by atoms with E-state index in [4.69, 9.17) is 9.47 Å². The molecule has 1 aliphatic heterocycles. The summed E-state index contributed by atoms with van der Waals surface area (Å²) in [5.41, 5.74) is -0.685. The van der Waals surface area contributed by atoms with Gasteiger partial charge in [-0.2, -0.15) is 0 Å². The van der Waals surface area contributed by atoms with Crippen molar-refractivity contribution in [3.63, 3.8) is 0 Å². The maximum Gasteiger partial charge on any atom is 0.407 e. The van der Waals surface area contributed by atoms with E-state index in [1.807, 2.05) is 20.8 Å². The first-order valence-electron chi connectivity index (χ1n) is 7.27. The van der Waals surface area contributed by atoms with Crippen molar-refractivity contribution >= 4 is 6.09 Å². The summed E-state index contributed by atoms with van der Waals surface area (Å²) >= 11 is 0. The van der Waals surface area contributed by atoms with Gasteiger partial charge in [0.15, 0.2) is 0 Å². The van der Waals surface area contributed by atoms with Crippen LogP contribution in [0.5, 0.6) is 0 Å². The summed E-state index contributed by atoms with van der Waals surface area (Å²) < 4.78 is 10.5. The van der Waals surface area contributed by atoms with Crippen molar-refractivity contribution in [2.75, 3.05) is 32.9 Å². The molecular weight excluding hydrogens is 260 g/mol. The van der Waals surface area contributed by atoms with Crippen LogP contribution >= 0.6 is 0 Å². The van der Waals surface area contributed by atoms with E-state index in [1.54, 1.807) is 0 Å². The molecule has 0 radical (unpaired) electrons. The van der Waals surface area contributed by atoms with Crippen LogP contribution in [0.4, 0.5) is 4.79 Å². The molecule has 1 aliphatic rings. The smallest absolute Gasteiger partial charge is 0.407 e. The zero-order valence-electron chi connectivity index (χ0n) is 12.8. The Bertz CT molecular complexity index is 296. The molecule has 0 aromatic heterocycles. The summed E-state index contributed by atoms with van der Waals surface area (Å²) in [6.45, 7) is 8.30. The van der Waals surface area contributed by atoms with E-state index in [-0.39, 0.29) is 18.2 Å². The number of ether oxygens (including phenoxy) is 2. The molecule has 20 heavy (non-hydrogen) atoms. The Hall–Kier alpha value is -0.850. The molecule has 6 nitrogen and oxygen atoms in total. The first-order valence-corrected chi connectivity index (χ1v) is 7.27. The van der Waals surface area contributed by atoms with Gasteiger partial charge in [0.05, 0.1) is 6.61 Å². The van der Waals surface area contributed by atoms with Crippen molar-refractivity contribution in [1.29, 1.82) is 0 Å². The summed E-state index contributed by atoms with van der Waals surface area (Å²) in [4.78, 5) is 11.4. The Labute approximate surface area is 121 Å². The molecule has 1 amide bonds. The van der Waals surface area contributed by atoms with E-state index in [1.165, 1.54) is 0 Å². The number of carbonyl (C=O) groups excluding carboxylic acids is 1. The van der Waals surface area contributed by atoms with Crippen LogP contribution in [-0.2, 0) is 9.47 Å². The molecule has 1 fully saturated rings. The number of nitrogens with one attached hydrogen (secondary N) is 2. The molecule has 0 saturated carbocycles. The fourth-order valence-corrected chi connectivity index (χ4v) is 2.10. The number of aliphatic hydroxyl groups is 1. The van der Waals surface area contributed by atoms with E-state index in [0.717, 1.165) is 25.8 Å². The third-order valence-electron chi connectivity index (χ3n) is 3.27. The zero-order valence-corrected chi connectivity index (χ0v) is 12.8. The van der Waals surface area contributed by atoms with Crippen LogP contribution in [0, 0.1) is 0 Å². The van der Waals surface area contributed by atoms with Crippen molar-refractivity contribution in [2.45, 2.75) is 51.2 Å². The fourth-order valence-electron chi connectivity index (χ4n) is 2.10. The number of carbonyl (C=O) groups is 1. The minimum atomic E-state index is -0.467. The first-order chi connectivity index (χ1) is 9.37. The van der Waals surface area contributed by atoms with E-state index < -0.39 is 5.60 Å². The Morgan fingerprint density at radius 3 is 2.50 bits per heavy atom. The Morgan fingerprint density at radius 2 is 1.95 bits per heavy atom. The molecule has 1 saturated heterocycles. The average Bonchev–Trinajstić information content (AvgIpc) is 2.37. The van der Waals surface area contributed by atoms with Gasteiger partial charge in [-0.25, -0.2) is 4.79 Å². The molecular formula is C14H28N2O4. The van der Waals surface area contributed by atoms with E-state index >= 15 is 0 Å². The second kappa shape index (κ2) is 7.81. The van der Waals surface area contributed by atoms with Gasteiger partial charge in [0.2, 0.25) is 0 Å². The zero-order chi connectivity index (χ0) is 15.1. The number of alkyl carbamates (subject to hydrolysis) is 1. The minimum Gasteiger partial charge on any atom is -0.444 e. The standard InChI is InChI=1S/C14H28N2O4/c1-13(2,3)20-12(18)15-7-4-8-16-14(11-17)5-9-19-10-6-14/h16-17H,4-11H2,1-3H3,(H,15,18). The molecule has 3 N–H and O–H groups in total. The van der Waals surface area contributed by atoms with Gasteiger partial charge >= 0.3 is 6.09 Å². The van der Waals surface area contributed by atoms with Crippen LogP contribution in [0.1, 0.15) is 40.0 Å². The Morgan fingerprint density at radius 1 is 1.30 bits per heavy atom. The maximum atomic E-state index is 11.4. The van der Waals surface area contributed by atoms with Crippen molar-refractivity contribution < 1.29 is 19.4 Å². The number of aliphatic hydroxyl groups excluding tert-OH is 1. The van der Waals surface area contributed by atoms with Crippen molar-refractivity contribution in [2.24, 2.45) is 0 Å². The minimum absolute atomic E-state index is 0.121. The highest BCUT2D eigenvalue weighted by Crippen LogP contribution is 2.19. The third-order valence-corrected chi connectivity index (χ3v) is 3.27. The molecule has 0 unspecified atom stereocenters. The first kappa shape index (κ1) is 17.2. The predicted octanol–water partition coefficient (Wildman–Crippen LogP) is 1.03. The molecule has 0 bridgehead atoms. The molecule has 0 spiro atoms. The number of hydrogen-bond acceptors (Lipinski definition) is 5. The van der Waals surface area contributed by atoms with Gasteiger partial charge in [0.1, 0.15) is 5.60 Å². The van der Waals surface area contributed by atoms with Gasteiger partial charge in [0, 0.05) is 25.3 Å². The topological polar surface area (TPSA) is 79.8 Å². The SMILES string of the molecule is CC(C)(C)OC(=O)NCCCNC1(CO)CCOCC1. The summed E-state index contributed by atoms with van der Waals surface area (Å²) in [6.07, 6.45) is 2.05. The third kappa shape index (κ3) is 6.54. The lowest BCUT2D eigenvalue weighted by molar-refractivity contribution is 0.0120. The Kier molecular flexibility index (Phi) is 6.71. The molecule has 6 heteroatoms. The molecule has 0 aromatic rings. The second-order valence-corrected chi connectivity index (χ2v) is 6.26. The van der Waals surface area contributed by atoms with Crippen LogP contribution in [0.25, 0.3) is 0 Å². The van der Waals surface area contributed by atoms with Crippen molar-refractivity contribution in [1.82, 2.24) is 10.6 Å². The monoisotopic (exact) mass is 288 g/mol. The highest BCUT2D eigenvalue weighted by molar-refractivity contribution is 5.67. The maximum absolute atomic E-state index is 11.4. The molecule has 118 valence electrons. The highest BCUT2D eigenvalue weighted by Gasteiger charge is 2.30. The van der Waals surface area contributed by atoms with Gasteiger partial charge in [-0.05, 0) is 46.6 Å². The van der Waals surface area contributed by atoms with Gasteiger partial charge < -0.3 is 25.2 Å². The lowest BCUT2D eigenvalue weighted by Crippen LogP contribution is -2.52. The van der Waals surface area contributed by atoms with Gasteiger partial charge in [-0.15, -0.1) is 0 Å². The van der Waals surface area contributed by atoms with E-state index in [9.17, 15) is 9.90 Å². The normalized spacial score (nSPS) is 18.6. The number of amides is 1. The second-order valence-electron chi connectivity index (χ2n) is 6.26.